The van der Waals surface area contributed by atoms with Gasteiger partial charge in [-0.25, -0.2) is 0 Å². The normalized spacial score (nSPS) is 11.6. The van der Waals surface area contributed by atoms with Crippen LogP contribution in [-0.2, 0) is 4.79 Å². The van der Waals surface area contributed by atoms with Gasteiger partial charge in [0.25, 0.3) is 5.91 Å². The van der Waals surface area contributed by atoms with Crippen molar-refractivity contribution in [3.05, 3.63) is 101 Å². The number of ether oxygens (including phenoxy) is 1. The molecule has 3 aromatic carbocycles. The van der Waals surface area contributed by atoms with E-state index in [-0.39, 0.29) is 18.6 Å². The molecule has 0 aliphatic heterocycles. The number of carbonyl (C=O) groups is 1. The Morgan fingerprint density at radius 1 is 0.846 bits per heavy atom. The van der Waals surface area contributed by atoms with Gasteiger partial charge < -0.3 is 10.1 Å². The number of carbonyl (C=O) groups excluding carboxylic acids is 1. The third-order valence-electron chi connectivity index (χ3n) is 4.30. The van der Waals surface area contributed by atoms with Gasteiger partial charge in [-0.15, -0.1) is 0 Å². The summed E-state index contributed by atoms with van der Waals surface area (Å²) in [5, 5.41) is 3.09. The number of rotatable bonds is 6. The second-order valence-corrected chi connectivity index (χ2v) is 6.38. The molecule has 0 spiro atoms. The van der Waals surface area contributed by atoms with Crippen LogP contribution in [0.1, 0.15) is 28.3 Å². The van der Waals surface area contributed by atoms with Crippen molar-refractivity contribution in [1.82, 2.24) is 5.32 Å². The van der Waals surface area contributed by atoms with Gasteiger partial charge in [-0.2, -0.15) is 0 Å². The maximum Gasteiger partial charge on any atom is 0.258 e. The monoisotopic (exact) mass is 345 g/mol. The van der Waals surface area contributed by atoms with Gasteiger partial charge in [0.2, 0.25) is 0 Å². The summed E-state index contributed by atoms with van der Waals surface area (Å²) in [7, 11) is 0. The quantitative estimate of drug-likeness (QED) is 0.710. The lowest BCUT2D eigenvalue weighted by molar-refractivity contribution is -0.123. The highest BCUT2D eigenvalue weighted by atomic mass is 16.5. The van der Waals surface area contributed by atoms with Crippen LogP contribution >= 0.6 is 0 Å². The van der Waals surface area contributed by atoms with E-state index in [1.54, 1.807) is 0 Å². The lowest BCUT2D eigenvalue weighted by Gasteiger charge is -2.20. The Kier molecular flexibility index (Phi) is 5.69. The summed E-state index contributed by atoms with van der Waals surface area (Å²) in [6, 6.07) is 25.7. The highest BCUT2D eigenvalue weighted by molar-refractivity contribution is 5.78. The van der Waals surface area contributed by atoms with E-state index in [1.807, 2.05) is 61.5 Å². The molecule has 0 aliphatic rings. The van der Waals surface area contributed by atoms with E-state index in [4.69, 9.17) is 4.74 Å². The Labute approximate surface area is 154 Å². The van der Waals surface area contributed by atoms with Crippen molar-refractivity contribution in [3.8, 4) is 5.75 Å². The minimum atomic E-state index is -0.204. The van der Waals surface area contributed by atoms with Gasteiger partial charge in [0, 0.05) is 0 Å². The van der Waals surface area contributed by atoms with Crippen LogP contribution in [0.2, 0.25) is 0 Å². The molecule has 26 heavy (non-hydrogen) atoms. The summed E-state index contributed by atoms with van der Waals surface area (Å²) < 4.78 is 5.68. The molecule has 1 amide bonds. The third-order valence-corrected chi connectivity index (χ3v) is 4.30. The predicted octanol–water partition coefficient (Wildman–Crippen LogP) is 4.59. The van der Waals surface area contributed by atoms with Gasteiger partial charge in [0.1, 0.15) is 5.75 Å². The molecule has 1 atom stereocenters. The van der Waals surface area contributed by atoms with E-state index >= 15 is 0 Å². The fraction of sp³-hybridized carbons (Fsp3) is 0.174. The Balaban J connectivity index is 1.74. The molecule has 0 radical (unpaired) electrons. The average Bonchev–Trinajstić information content (AvgIpc) is 2.67. The number of hydrogen-bond donors (Lipinski definition) is 1. The second kappa shape index (κ2) is 8.34. The number of para-hydroxylation sites is 1. The van der Waals surface area contributed by atoms with Crippen LogP contribution in [0.5, 0.6) is 5.75 Å². The van der Waals surface area contributed by atoms with Crippen molar-refractivity contribution < 1.29 is 9.53 Å². The molecule has 0 saturated carbocycles. The first kappa shape index (κ1) is 17.7. The van der Waals surface area contributed by atoms with Crippen LogP contribution < -0.4 is 10.1 Å². The zero-order valence-electron chi connectivity index (χ0n) is 15.1. The maximum absolute atomic E-state index is 12.5. The Morgan fingerprint density at radius 2 is 1.46 bits per heavy atom. The summed E-state index contributed by atoms with van der Waals surface area (Å²) in [6.45, 7) is 4.00. The standard InChI is InChI=1S/C23H23NO2/c1-17-12-14-20(15-13-17)23(19-9-4-3-5-10-19)24-22(25)16-26-21-11-7-6-8-18(21)2/h3-15,23H,16H2,1-2H3,(H,24,25)/t23-/m1/s1. The van der Waals surface area contributed by atoms with Crippen LogP contribution in [0.3, 0.4) is 0 Å². The molecule has 1 N–H and O–H groups in total. The zero-order chi connectivity index (χ0) is 18.4. The molecule has 0 aliphatic carbocycles. The van der Waals surface area contributed by atoms with Crippen molar-refractivity contribution >= 4 is 5.91 Å². The molecule has 0 unspecified atom stereocenters. The molecule has 0 fully saturated rings. The van der Waals surface area contributed by atoms with Crippen molar-refractivity contribution in [3.63, 3.8) is 0 Å². The second-order valence-electron chi connectivity index (χ2n) is 6.38. The minimum Gasteiger partial charge on any atom is -0.484 e. The van der Waals surface area contributed by atoms with Gasteiger partial charge in [0.05, 0.1) is 6.04 Å². The number of nitrogens with one attached hydrogen (secondary N) is 1. The molecule has 3 nitrogen and oxygen atoms in total. The van der Waals surface area contributed by atoms with Crippen LogP contribution in [-0.4, -0.2) is 12.5 Å². The van der Waals surface area contributed by atoms with E-state index in [2.05, 4.69) is 36.5 Å². The summed E-state index contributed by atoms with van der Waals surface area (Å²) in [5.41, 5.74) is 4.29. The van der Waals surface area contributed by atoms with E-state index in [0.29, 0.717) is 0 Å². The summed E-state index contributed by atoms with van der Waals surface area (Å²) in [4.78, 5) is 12.5. The molecular formula is C23H23NO2. The van der Waals surface area contributed by atoms with Crippen molar-refractivity contribution in [2.75, 3.05) is 6.61 Å². The fourth-order valence-corrected chi connectivity index (χ4v) is 2.83. The number of aryl methyl sites for hydroxylation is 2. The smallest absolute Gasteiger partial charge is 0.258 e. The van der Waals surface area contributed by atoms with E-state index in [0.717, 1.165) is 22.4 Å². The van der Waals surface area contributed by atoms with Crippen molar-refractivity contribution in [2.45, 2.75) is 19.9 Å². The highest BCUT2D eigenvalue weighted by Gasteiger charge is 2.17. The topological polar surface area (TPSA) is 38.3 Å². The lowest BCUT2D eigenvalue weighted by Crippen LogP contribution is -2.33. The zero-order valence-corrected chi connectivity index (χ0v) is 15.1. The largest absolute Gasteiger partial charge is 0.484 e. The Hall–Kier alpha value is -3.07. The number of hydrogen-bond acceptors (Lipinski definition) is 2. The first-order valence-corrected chi connectivity index (χ1v) is 8.73. The lowest BCUT2D eigenvalue weighted by atomic mass is 9.98. The van der Waals surface area contributed by atoms with Crippen molar-refractivity contribution in [1.29, 1.82) is 0 Å². The summed E-state index contributed by atoms with van der Waals surface area (Å²) in [6.07, 6.45) is 0. The predicted molar refractivity (Wildman–Crippen MR) is 104 cm³/mol. The highest BCUT2D eigenvalue weighted by Crippen LogP contribution is 2.22. The van der Waals surface area contributed by atoms with E-state index in [1.165, 1.54) is 5.56 Å². The van der Waals surface area contributed by atoms with Crippen LogP contribution in [0.25, 0.3) is 0 Å². The van der Waals surface area contributed by atoms with Gasteiger partial charge in [-0.3, -0.25) is 4.79 Å². The number of amides is 1. The molecule has 0 heterocycles. The number of benzene rings is 3. The average molecular weight is 345 g/mol. The molecular weight excluding hydrogens is 322 g/mol. The van der Waals surface area contributed by atoms with Gasteiger partial charge in [0.15, 0.2) is 6.61 Å². The molecule has 3 heteroatoms. The molecule has 132 valence electrons. The summed E-state index contributed by atoms with van der Waals surface area (Å²) in [5.74, 6) is 0.580. The molecule has 0 aromatic heterocycles. The van der Waals surface area contributed by atoms with Gasteiger partial charge in [-0.05, 0) is 36.6 Å². The first-order chi connectivity index (χ1) is 12.6. The van der Waals surface area contributed by atoms with Crippen molar-refractivity contribution in [2.24, 2.45) is 0 Å². The van der Waals surface area contributed by atoms with E-state index < -0.39 is 0 Å². The van der Waals surface area contributed by atoms with Crippen LogP contribution in [0, 0.1) is 13.8 Å². The maximum atomic E-state index is 12.5. The van der Waals surface area contributed by atoms with Crippen LogP contribution in [0.4, 0.5) is 0 Å². The summed E-state index contributed by atoms with van der Waals surface area (Å²) >= 11 is 0. The molecule has 0 bridgehead atoms. The first-order valence-electron chi connectivity index (χ1n) is 8.73. The molecule has 3 rings (SSSR count). The fourth-order valence-electron chi connectivity index (χ4n) is 2.83. The SMILES string of the molecule is Cc1ccc([C@H](NC(=O)COc2ccccc2C)c2ccccc2)cc1. The molecule has 0 saturated heterocycles. The third kappa shape index (κ3) is 4.51. The Bertz CT molecular complexity index is 857. The molecule has 3 aromatic rings. The van der Waals surface area contributed by atoms with E-state index in [9.17, 15) is 4.79 Å². The Morgan fingerprint density at radius 3 is 2.15 bits per heavy atom. The van der Waals surface area contributed by atoms with Gasteiger partial charge >= 0.3 is 0 Å². The van der Waals surface area contributed by atoms with Gasteiger partial charge in [-0.1, -0.05) is 78.4 Å². The minimum absolute atomic E-state index is 0.0138. The van der Waals surface area contributed by atoms with Crippen LogP contribution in [0.15, 0.2) is 78.9 Å².